The Hall–Kier alpha value is -1.59. The van der Waals surface area contributed by atoms with Crippen LogP contribution in [0.5, 0.6) is 0 Å². The van der Waals surface area contributed by atoms with E-state index in [-0.39, 0.29) is 31.1 Å². The number of unbranched alkanes of at least 4 members (excludes halogenated alkanes) is 46. The van der Waals surface area contributed by atoms with Crippen LogP contribution in [0.3, 0.4) is 0 Å². The molecule has 0 aromatic heterocycles. The van der Waals surface area contributed by atoms with Gasteiger partial charge < -0.3 is 14.2 Å². The van der Waals surface area contributed by atoms with Gasteiger partial charge in [0.05, 0.1) is 0 Å². The standard InChI is InChI=1S/C70H136O6/c1-64(2)56-50-44-38-32-26-20-14-9-7-8-10-17-23-29-35-41-47-53-59-68(71)74-62-67(63-75-69(72)60-54-48-42-36-30-24-19-13-16-22-28-34-40-46-52-58-66(5)6)76-70(73)61-55-49-43-37-31-25-18-12-11-15-21-27-33-39-45-51-57-65(3)4/h64-67H,7-63H2,1-6H3/t67-/m1/s1. The van der Waals surface area contributed by atoms with Gasteiger partial charge in [0, 0.05) is 19.3 Å². The van der Waals surface area contributed by atoms with Gasteiger partial charge in [0.25, 0.3) is 0 Å². The van der Waals surface area contributed by atoms with Gasteiger partial charge in [-0.1, -0.05) is 356 Å². The van der Waals surface area contributed by atoms with Crippen LogP contribution in [0.25, 0.3) is 0 Å². The zero-order valence-corrected chi connectivity index (χ0v) is 52.6. The minimum Gasteiger partial charge on any atom is -0.462 e. The fourth-order valence-corrected chi connectivity index (χ4v) is 10.9. The zero-order valence-electron chi connectivity index (χ0n) is 52.6. The quantitative estimate of drug-likeness (QED) is 0.0343. The Morgan fingerprint density at radius 3 is 0.566 bits per heavy atom. The second kappa shape index (κ2) is 61.0. The first-order valence-electron chi connectivity index (χ1n) is 34.6. The second-order valence-electron chi connectivity index (χ2n) is 25.6. The second-order valence-corrected chi connectivity index (χ2v) is 25.6. The van der Waals surface area contributed by atoms with E-state index in [4.69, 9.17) is 14.2 Å². The van der Waals surface area contributed by atoms with Gasteiger partial charge in [-0.3, -0.25) is 14.4 Å². The molecule has 0 rings (SSSR count). The summed E-state index contributed by atoms with van der Waals surface area (Å²) in [5, 5.41) is 0. The molecule has 0 aromatic rings. The summed E-state index contributed by atoms with van der Waals surface area (Å²) >= 11 is 0. The average Bonchev–Trinajstić information content (AvgIpc) is 3.39. The van der Waals surface area contributed by atoms with Crippen LogP contribution >= 0.6 is 0 Å². The minimum absolute atomic E-state index is 0.0618. The van der Waals surface area contributed by atoms with Gasteiger partial charge in [-0.25, -0.2) is 0 Å². The molecule has 452 valence electrons. The number of hydrogen-bond acceptors (Lipinski definition) is 6. The first kappa shape index (κ1) is 74.4. The molecule has 0 fully saturated rings. The van der Waals surface area contributed by atoms with E-state index in [1.54, 1.807) is 0 Å². The predicted molar refractivity (Wildman–Crippen MR) is 330 cm³/mol. The monoisotopic (exact) mass is 1070 g/mol. The molecule has 0 amide bonds. The van der Waals surface area contributed by atoms with E-state index in [0.717, 1.165) is 75.5 Å². The molecule has 6 nitrogen and oxygen atoms in total. The number of hydrogen-bond donors (Lipinski definition) is 0. The number of carbonyl (C=O) groups excluding carboxylic acids is 3. The van der Waals surface area contributed by atoms with Crippen molar-refractivity contribution in [3.8, 4) is 0 Å². The molecule has 0 saturated carbocycles. The molecule has 0 aliphatic heterocycles. The zero-order chi connectivity index (χ0) is 55.5. The lowest BCUT2D eigenvalue weighted by Gasteiger charge is -2.18. The molecule has 0 spiro atoms. The summed E-state index contributed by atoms with van der Waals surface area (Å²) < 4.78 is 17.0. The van der Waals surface area contributed by atoms with Crippen molar-refractivity contribution in [3.63, 3.8) is 0 Å². The highest BCUT2D eigenvalue weighted by molar-refractivity contribution is 5.71. The van der Waals surface area contributed by atoms with Crippen LogP contribution in [0.4, 0.5) is 0 Å². The summed E-state index contributed by atoms with van der Waals surface area (Å²) in [5.41, 5.74) is 0. The third kappa shape index (κ3) is 63.2. The van der Waals surface area contributed by atoms with Gasteiger partial charge in [-0.05, 0) is 37.0 Å². The van der Waals surface area contributed by atoms with Crippen LogP contribution in [-0.2, 0) is 28.6 Å². The van der Waals surface area contributed by atoms with Crippen molar-refractivity contribution >= 4 is 17.9 Å². The van der Waals surface area contributed by atoms with Crippen molar-refractivity contribution in [2.75, 3.05) is 13.2 Å². The van der Waals surface area contributed by atoms with Crippen LogP contribution in [-0.4, -0.2) is 37.2 Å². The van der Waals surface area contributed by atoms with E-state index in [2.05, 4.69) is 41.5 Å². The maximum Gasteiger partial charge on any atom is 0.306 e. The molecule has 1 atom stereocenters. The van der Waals surface area contributed by atoms with Gasteiger partial charge in [0.1, 0.15) is 13.2 Å². The normalized spacial score (nSPS) is 12.1. The Bertz CT molecular complexity index is 1180. The highest BCUT2D eigenvalue weighted by Crippen LogP contribution is 2.20. The van der Waals surface area contributed by atoms with Crippen LogP contribution in [0, 0.1) is 17.8 Å². The largest absolute Gasteiger partial charge is 0.462 e. The Morgan fingerprint density at radius 2 is 0.382 bits per heavy atom. The molecule has 0 aliphatic carbocycles. The summed E-state index contributed by atoms with van der Waals surface area (Å²) in [6.07, 6.45) is 68.3. The van der Waals surface area contributed by atoms with Crippen LogP contribution in [0.15, 0.2) is 0 Å². The molecule has 76 heavy (non-hydrogen) atoms. The lowest BCUT2D eigenvalue weighted by Crippen LogP contribution is -2.30. The molecule has 0 N–H and O–H groups in total. The number of rotatable bonds is 63. The highest BCUT2D eigenvalue weighted by atomic mass is 16.6. The van der Waals surface area contributed by atoms with Crippen molar-refractivity contribution in [1.29, 1.82) is 0 Å². The van der Waals surface area contributed by atoms with E-state index in [1.807, 2.05) is 0 Å². The van der Waals surface area contributed by atoms with Crippen LogP contribution < -0.4 is 0 Å². The smallest absolute Gasteiger partial charge is 0.306 e. The first-order valence-corrected chi connectivity index (χ1v) is 34.6. The van der Waals surface area contributed by atoms with Crippen molar-refractivity contribution < 1.29 is 28.6 Å². The van der Waals surface area contributed by atoms with Crippen molar-refractivity contribution in [1.82, 2.24) is 0 Å². The van der Waals surface area contributed by atoms with E-state index in [1.165, 1.54) is 276 Å². The molecule has 0 aromatic carbocycles. The summed E-state index contributed by atoms with van der Waals surface area (Å²) in [6.45, 7) is 13.9. The Balaban J connectivity index is 4.28. The van der Waals surface area contributed by atoms with Gasteiger partial charge in [0.2, 0.25) is 0 Å². The maximum absolute atomic E-state index is 12.9. The minimum atomic E-state index is -0.765. The van der Waals surface area contributed by atoms with Crippen molar-refractivity contribution in [2.24, 2.45) is 17.8 Å². The van der Waals surface area contributed by atoms with Crippen molar-refractivity contribution in [3.05, 3.63) is 0 Å². The Kier molecular flexibility index (Phi) is 59.8. The SMILES string of the molecule is CC(C)CCCCCCCCCCCCCCCCCCCCC(=O)OC[C@H](COC(=O)CCCCCCCCCCCCCCCCCC(C)C)OC(=O)CCCCCCCCCCCCCCCCCCC(C)C. The molecule has 0 aliphatic rings. The number of carbonyl (C=O) groups is 3. The van der Waals surface area contributed by atoms with Crippen LogP contribution in [0.1, 0.15) is 395 Å². The molecular weight excluding hydrogens is 937 g/mol. The average molecular weight is 1070 g/mol. The summed E-state index contributed by atoms with van der Waals surface area (Å²) in [4.78, 5) is 38.4. The van der Waals surface area contributed by atoms with Gasteiger partial charge >= 0.3 is 17.9 Å². The Morgan fingerprint density at radius 1 is 0.224 bits per heavy atom. The van der Waals surface area contributed by atoms with Crippen molar-refractivity contribution in [2.45, 2.75) is 401 Å². The van der Waals surface area contributed by atoms with E-state index < -0.39 is 6.10 Å². The number of esters is 3. The molecule has 0 heterocycles. The summed E-state index contributed by atoms with van der Waals surface area (Å²) in [6, 6.07) is 0. The van der Waals surface area contributed by atoms with Crippen LogP contribution in [0.2, 0.25) is 0 Å². The fraction of sp³-hybridized carbons (Fsp3) is 0.957. The lowest BCUT2D eigenvalue weighted by molar-refractivity contribution is -0.167. The highest BCUT2D eigenvalue weighted by Gasteiger charge is 2.20. The van der Waals surface area contributed by atoms with Gasteiger partial charge in [-0.2, -0.15) is 0 Å². The molecule has 0 bridgehead atoms. The molecule has 0 unspecified atom stereocenters. The Labute approximate surface area is 476 Å². The molecule has 6 heteroatoms. The van der Waals surface area contributed by atoms with Gasteiger partial charge in [-0.15, -0.1) is 0 Å². The van der Waals surface area contributed by atoms with Gasteiger partial charge in [0.15, 0.2) is 6.10 Å². The third-order valence-corrected chi connectivity index (χ3v) is 16.1. The predicted octanol–water partition coefficient (Wildman–Crippen LogP) is 23.4. The molecule has 0 radical (unpaired) electrons. The van der Waals surface area contributed by atoms with E-state index in [0.29, 0.717) is 19.3 Å². The molecule has 0 saturated heterocycles. The summed E-state index contributed by atoms with van der Waals surface area (Å²) in [7, 11) is 0. The third-order valence-electron chi connectivity index (χ3n) is 16.1. The topological polar surface area (TPSA) is 78.9 Å². The number of ether oxygens (including phenoxy) is 3. The lowest BCUT2D eigenvalue weighted by atomic mass is 10.0. The van der Waals surface area contributed by atoms with E-state index in [9.17, 15) is 14.4 Å². The maximum atomic E-state index is 12.9. The fourth-order valence-electron chi connectivity index (χ4n) is 10.9. The summed E-state index contributed by atoms with van der Waals surface area (Å²) in [5.74, 6) is 1.73. The van der Waals surface area contributed by atoms with E-state index >= 15 is 0 Å². The molecular formula is C70H136O6. The first-order chi connectivity index (χ1) is 37.1.